The summed E-state index contributed by atoms with van der Waals surface area (Å²) in [7, 11) is 0. The summed E-state index contributed by atoms with van der Waals surface area (Å²) in [6.45, 7) is 5.61. The van der Waals surface area contributed by atoms with Gasteiger partial charge >= 0.3 is 0 Å². The van der Waals surface area contributed by atoms with E-state index in [4.69, 9.17) is 0 Å². The molecule has 0 aliphatic heterocycles. The molecule has 0 bridgehead atoms. The lowest BCUT2D eigenvalue weighted by atomic mass is 10.1. The summed E-state index contributed by atoms with van der Waals surface area (Å²) in [4.78, 5) is 4.22. The number of hydrogen-bond acceptors (Lipinski definition) is 2. The van der Waals surface area contributed by atoms with Crippen LogP contribution in [0.5, 0.6) is 0 Å². The Balaban J connectivity index is 3.13. The Hall–Kier alpha value is -0.890. The predicted octanol–water partition coefficient (Wildman–Crippen LogP) is 1.75. The van der Waals surface area contributed by atoms with Crippen molar-refractivity contribution < 1.29 is 5.11 Å². The number of pyridine rings is 1. The minimum absolute atomic E-state index is 0.463. The second-order valence-electron chi connectivity index (χ2n) is 2.83. The zero-order chi connectivity index (χ0) is 8.43. The molecule has 0 spiro atoms. The van der Waals surface area contributed by atoms with Crippen LogP contribution in [0.3, 0.4) is 0 Å². The van der Waals surface area contributed by atoms with Crippen molar-refractivity contribution in [2.45, 2.75) is 26.9 Å². The van der Waals surface area contributed by atoms with Crippen LogP contribution >= 0.6 is 0 Å². The van der Waals surface area contributed by atoms with Gasteiger partial charge in [-0.05, 0) is 32.4 Å². The Morgan fingerprint density at radius 3 is 2.45 bits per heavy atom. The van der Waals surface area contributed by atoms with Crippen LogP contribution in [0.15, 0.2) is 12.1 Å². The Kier molecular flexibility index (Phi) is 2.25. The van der Waals surface area contributed by atoms with Crippen LogP contribution in [0.25, 0.3) is 0 Å². The zero-order valence-corrected chi connectivity index (χ0v) is 7.13. The molecular weight excluding hydrogens is 138 g/mol. The number of nitrogens with zero attached hydrogens (tertiary/aromatic N) is 1. The molecule has 60 valence electrons. The Morgan fingerprint density at radius 1 is 1.36 bits per heavy atom. The van der Waals surface area contributed by atoms with Crippen molar-refractivity contribution in [2.24, 2.45) is 0 Å². The highest BCUT2D eigenvalue weighted by Gasteiger charge is 2.05. The number of aliphatic hydroxyl groups is 1. The van der Waals surface area contributed by atoms with Gasteiger partial charge in [0.2, 0.25) is 0 Å². The van der Waals surface area contributed by atoms with Gasteiger partial charge in [0.25, 0.3) is 0 Å². The van der Waals surface area contributed by atoms with Gasteiger partial charge in [0.15, 0.2) is 0 Å². The van der Waals surface area contributed by atoms with Crippen molar-refractivity contribution in [3.8, 4) is 0 Å². The summed E-state index contributed by atoms with van der Waals surface area (Å²) < 4.78 is 0. The van der Waals surface area contributed by atoms with E-state index < -0.39 is 6.10 Å². The monoisotopic (exact) mass is 151 g/mol. The van der Waals surface area contributed by atoms with Crippen molar-refractivity contribution in [2.75, 3.05) is 0 Å². The first-order chi connectivity index (χ1) is 5.11. The van der Waals surface area contributed by atoms with Gasteiger partial charge in [-0.25, -0.2) is 0 Å². The first-order valence-electron chi connectivity index (χ1n) is 3.73. The summed E-state index contributed by atoms with van der Waals surface area (Å²) >= 11 is 0. The van der Waals surface area contributed by atoms with E-state index >= 15 is 0 Å². The normalized spacial score (nSPS) is 13.1. The first-order valence-corrected chi connectivity index (χ1v) is 3.73. The third kappa shape index (κ3) is 1.77. The topological polar surface area (TPSA) is 33.1 Å². The van der Waals surface area contributed by atoms with Gasteiger partial charge in [0.1, 0.15) is 0 Å². The lowest BCUT2D eigenvalue weighted by Crippen LogP contribution is -1.99. The largest absolute Gasteiger partial charge is 0.387 e. The average molecular weight is 151 g/mol. The molecular formula is C9H13NO. The van der Waals surface area contributed by atoms with Crippen molar-refractivity contribution in [1.82, 2.24) is 4.98 Å². The number of aryl methyl sites for hydroxylation is 2. The Bertz CT molecular complexity index is 256. The lowest BCUT2D eigenvalue weighted by molar-refractivity contribution is 0.193. The fourth-order valence-electron chi connectivity index (χ4n) is 1.07. The molecule has 2 nitrogen and oxygen atoms in total. The SMILES string of the molecule is Cc1ccc(C)c(C(C)O)n1. The summed E-state index contributed by atoms with van der Waals surface area (Å²) in [5, 5.41) is 9.27. The maximum absolute atomic E-state index is 9.27. The summed E-state index contributed by atoms with van der Waals surface area (Å²) in [6, 6.07) is 3.92. The van der Waals surface area contributed by atoms with Gasteiger partial charge in [-0.1, -0.05) is 6.07 Å². The maximum atomic E-state index is 9.27. The molecule has 1 heterocycles. The van der Waals surface area contributed by atoms with Gasteiger partial charge in [-0.2, -0.15) is 0 Å². The van der Waals surface area contributed by atoms with Crippen molar-refractivity contribution >= 4 is 0 Å². The number of aromatic nitrogens is 1. The fraction of sp³-hybridized carbons (Fsp3) is 0.444. The van der Waals surface area contributed by atoms with Crippen LogP contribution in [0.4, 0.5) is 0 Å². The first kappa shape index (κ1) is 8.21. The number of aliphatic hydroxyl groups excluding tert-OH is 1. The molecule has 0 aromatic carbocycles. The van der Waals surface area contributed by atoms with Crippen LogP contribution < -0.4 is 0 Å². The number of rotatable bonds is 1. The molecule has 1 N–H and O–H groups in total. The molecule has 11 heavy (non-hydrogen) atoms. The van der Waals surface area contributed by atoms with Gasteiger partial charge in [-0.15, -0.1) is 0 Å². The van der Waals surface area contributed by atoms with E-state index in [2.05, 4.69) is 4.98 Å². The molecule has 1 rings (SSSR count). The van der Waals surface area contributed by atoms with Crippen LogP contribution in [-0.4, -0.2) is 10.1 Å². The summed E-state index contributed by atoms with van der Waals surface area (Å²) in [6.07, 6.45) is -0.463. The van der Waals surface area contributed by atoms with Crippen molar-refractivity contribution in [3.05, 3.63) is 29.1 Å². The maximum Gasteiger partial charge on any atom is 0.0934 e. The van der Waals surface area contributed by atoms with Crippen LogP contribution in [0.1, 0.15) is 30.0 Å². The molecule has 1 aromatic rings. The van der Waals surface area contributed by atoms with Gasteiger partial charge in [-0.3, -0.25) is 4.98 Å². The lowest BCUT2D eigenvalue weighted by Gasteiger charge is -2.07. The van der Waals surface area contributed by atoms with Crippen molar-refractivity contribution in [3.63, 3.8) is 0 Å². The third-order valence-corrected chi connectivity index (χ3v) is 1.67. The molecule has 0 fully saturated rings. The molecule has 1 atom stereocenters. The van der Waals surface area contributed by atoms with E-state index in [1.165, 1.54) is 0 Å². The average Bonchev–Trinajstić information content (AvgIpc) is 1.94. The molecule has 0 radical (unpaired) electrons. The smallest absolute Gasteiger partial charge is 0.0934 e. The third-order valence-electron chi connectivity index (χ3n) is 1.67. The zero-order valence-electron chi connectivity index (χ0n) is 7.13. The Morgan fingerprint density at radius 2 is 2.00 bits per heavy atom. The molecule has 0 saturated heterocycles. The highest BCUT2D eigenvalue weighted by atomic mass is 16.3. The van der Waals surface area contributed by atoms with E-state index in [1.54, 1.807) is 6.92 Å². The molecule has 1 aromatic heterocycles. The van der Waals surface area contributed by atoms with E-state index in [0.717, 1.165) is 17.0 Å². The van der Waals surface area contributed by atoms with E-state index in [1.807, 2.05) is 26.0 Å². The summed E-state index contributed by atoms with van der Waals surface area (Å²) in [5.41, 5.74) is 2.78. The molecule has 0 aliphatic carbocycles. The van der Waals surface area contributed by atoms with Crippen LogP contribution in [-0.2, 0) is 0 Å². The molecule has 0 amide bonds. The minimum atomic E-state index is -0.463. The molecule has 1 unspecified atom stereocenters. The number of hydrogen-bond donors (Lipinski definition) is 1. The quantitative estimate of drug-likeness (QED) is 0.663. The van der Waals surface area contributed by atoms with Crippen LogP contribution in [0, 0.1) is 13.8 Å². The van der Waals surface area contributed by atoms with E-state index in [0.29, 0.717) is 0 Å². The van der Waals surface area contributed by atoms with E-state index in [9.17, 15) is 5.11 Å². The second kappa shape index (κ2) is 3.01. The van der Waals surface area contributed by atoms with Gasteiger partial charge in [0, 0.05) is 5.69 Å². The van der Waals surface area contributed by atoms with E-state index in [-0.39, 0.29) is 0 Å². The standard InChI is InChI=1S/C9H13NO/c1-6-4-5-7(2)10-9(6)8(3)11/h4-5,8,11H,1-3H3. The minimum Gasteiger partial charge on any atom is -0.387 e. The second-order valence-corrected chi connectivity index (χ2v) is 2.83. The highest BCUT2D eigenvalue weighted by molar-refractivity contribution is 5.22. The van der Waals surface area contributed by atoms with Crippen LogP contribution in [0.2, 0.25) is 0 Å². The summed E-state index contributed by atoms with van der Waals surface area (Å²) in [5.74, 6) is 0. The van der Waals surface area contributed by atoms with Gasteiger partial charge < -0.3 is 5.11 Å². The highest BCUT2D eigenvalue weighted by Crippen LogP contribution is 2.14. The fourth-order valence-corrected chi connectivity index (χ4v) is 1.07. The molecule has 2 heteroatoms. The molecule has 0 saturated carbocycles. The van der Waals surface area contributed by atoms with Gasteiger partial charge in [0.05, 0.1) is 11.8 Å². The Labute approximate surface area is 66.9 Å². The predicted molar refractivity (Wildman–Crippen MR) is 44.3 cm³/mol. The van der Waals surface area contributed by atoms with Crippen molar-refractivity contribution in [1.29, 1.82) is 0 Å². The molecule has 0 aliphatic rings.